The van der Waals surface area contributed by atoms with Crippen molar-refractivity contribution in [1.82, 2.24) is 15.1 Å². The first kappa shape index (κ1) is 13.9. The smallest absolute Gasteiger partial charge is 0.159 e. The molecule has 4 nitrogen and oxygen atoms in total. The van der Waals surface area contributed by atoms with Crippen LogP contribution in [0.5, 0.6) is 0 Å². The first-order valence-electron chi connectivity index (χ1n) is 8.61. The molecule has 22 heavy (non-hydrogen) atoms. The van der Waals surface area contributed by atoms with Gasteiger partial charge in [-0.25, -0.2) is 0 Å². The van der Waals surface area contributed by atoms with Crippen LogP contribution >= 0.6 is 0 Å². The first-order chi connectivity index (χ1) is 10.9. The highest BCUT2D eigenvalue weighted by molar-refractivity contribution is 5.91. The fraction of sp³-hybridized carbons (Fsp3) is 0.556. The second kappa shape index (κ2) is 6.21. The van der Waals surface area contributed by atoms with E-state index in [0.29, 0.717) is 0 Å². The summed E-state index contributed by atoms with van der Waals surface area (Å²) in [4.78, 5) is 5.14. The van der Waals surface area contributed by atoms with Crippen molar-refractivity contribution in [3.63, 3.8) is 0 Å². The van der Waals surface area contributed by atoms with E-state index < -0.39 is 0 Å². The van der Waals surface area contributed by atoms with Crippen LogP contribution in [0.1, 0.15) is 32.1 Å². The predicted octanol–water partition coefficient (Wildman–Crippen LogP) is 3.08. The summed E-state index contributed by atoms with van der Waals surface area (Å²) in [5.74, 6) is 1.06. The molecule has 116 valence electrons. The van der Waals surface area contributed by atoms with Crippen molar-refractivity contribution in [2.75, 3.05) is 31.1 Å². The van der Waals surface area contributed by atoms with E-state index in [2.05, 4.69) is 44.3 Å². The van der Waals surface area contributed by atoms with Crippen LogP contribution in [0, 0.1) is 0 Å². The molecule has 0 unspecified atom stereocenters. The number of fused-ring (bicyclic) bond motifs is 1. The van der Waals surface area contributed by atoms with Gasteiger partial charge < -0.3 is 9.80 Å². The van der Waals surface area contributed by atoms with Gasteiger partial charge in [0.25, 0.3) is 0 Å². The molecule has 2 aliphatic rings. The van der Waals surface area contributed by atoms with Crippen molar-refractivity contribution < 1.29 is 0 Å². The lowest BCUT2D eigenvalue weighted by molar-refractivity contribution is 0.141. The molecule has 0 aliphatic carbocycles. The third-order valence-corrected chi connectivity index (χ3v) is 5.22. The molecule has 3 heterocycles. The van der Waals surface area contributed by atoms with Crippen LogP contribution in [0.25, 0.3) is 10.8 Å². The first-order valence-corrected chi connectivity index (χ1v) is 8.61. The summed E-state index contributed by atoms with van der Waals surface area (Å²) in [6.45, 7) is 4.81. The summed E-state index contributed by atoms with van der Waals surface area (Å²) in [7, 11) is 0. The van der Waals surface area contributed by atoms with Gasteiger partial charge in [0.2, 0.25) is 0 Å². The monoisotopic (exact) mass is 296 g/mol. The van der Waals surface area contributed by atoms with E-state index in [4.69, 9.17) is 0 Å². The average molecular weight is 296 g/mol. The Balaban J connectivity index is 1.48. The van der Waals surface area contributed by atoms with Gasteiger partial charge in [0.15, 0.2) is 5.82 Å². The van der Waals surface area contributed by atoms with Gasteiger partial charge in [0.05, 0.1) is 6.20 Å². The van der Waals surface area contributed by atoms with Crippen molar-refractivity contribution in [2.45, 2.75) is 38.1 Å². The van der Waals surface area contributed by atoms with E-state index in [-0.39, 0.29) is 0 Å². The Hall–Kier alpha value is -1.68. The van der Waals surface area contributed by atoms with Gasteiger partial charge in [-0.05, 0) is 38.8 Å². The molecule has 2 aliphatic heterocycles. The molecule has 0 radical (unpaired) electrons. The standard InChI is InChI=1S/C18H24N4/c1-4-10-21(11-5-1)16-8-12-22(13-9-16)18-17-7-3-2-6-15(17)14-19-20-18/h2-3,6-7,14,16H,1,4-5,8-13H2. The number of hydrogen-bond donors (Lipinski definition) is 0. The predicted molar refractivity (Wildman–Crippen MR) is 90.2 cm³/mol. The van der Waals surface area contributed by atoms with Gasteiger partial charge in [-0.2, -0.15) is 5.10 Å². The number of hydrogen-bond acceptors (Lipinski definition) is 4. The van der Waals surface area contributed by atoms with Crippen molar-refractivity contribution in [1.29, 1.82) is 0 Å². The zero-order chi connectivity index (χ0) is 14.8. The molecule has 2 saturated heterocycles. The highest BCUT2D eigenvalue weighted by Gasteiger charge is 2.26. The van der Waals surface area contributed by atoms with E-state index in [1.807, 2.05) is 6.20 Å². The summed E-state index contributed by atoms with van der Waals surface area (Å²) in [5, 5.41) is 11.0. The third kappa shape index (κ3) is 2.68. The maximum atomic E-state index is 4.43. The van der Waals surface area contributed by atoms with Crippen LogP contribution in [0.15, 0.2) is 30.5 Å². The molecule has 0 saturated carbocycles. The Morgan fingerprint density at radius 1 is 0.909 bits per heavy atom. The molecule has 0 bridgehead atoms. The molecule has 4 heteroatoms. The highest BCUT2D eigenvalue weighted by atomic mass is 15.3. The Morgan fingerprint density at radius 2 is 1.68 bits per heavy atom. The summed E-state index contributed by atoms with van der Waals surface area (Å²) >= 11 is 0. The van der Waals surface area contributed by atoms with Crippen LogP contribution in [0.2, 0.25) is 0 Å². The van der Waals surface area contributed by atoms with E-state index in [9.17, 15) is 0 Å². The molecule has 2 fully saturated rings. The van der Waals surface area contributed by atoms with E-state index >= 15 is 0 Å². The minimum Gasteiger partial charge on any atom is -0.354 e. The second-order valence-electron chi connectivity index (χ2n) is 6.57. The average Bonchev–Trinajstić information content (AvgIpc) is 2.62. The lowest BCUT2D eigenvalue weighted by atomic mass is 9.99. The highest BCUT2D eigenvalue weighted by Crippen LogP contribution is 2.27. The Morgan fingerprint density at radius 3 is 2.50 bits per heavy atom. The van der Waals surface area contributed by atoms with Crippen molar-refractivity contribution in [2.24, 2.45) is 0 Å². The van der Waals surface area contributed by atoms with Gasteiger partial charge in [0, 0.05) is 29.9 Å². The number of aromatic nitrogens is 2. The van der Waals surface area contributed by atoms with Crippen LogP contribution in [-0.2, 0) is 0 Å². The number of likely N-dealkylation sites (tertiary alicyclic amines) is 1. The molecule has 1 aromatic heterocycles. The van der Waals surface area contributed by atoms with Crippen LogP contribution in [0.3, 0.4) is 0 Å². The Kier molecular flexibility index (Phi) is 3.94. The fourth-order valence-corrected chi connectivity index (χ4v) is 3.97. The third-order valence-electron chi connectivity index (χ3n) is 5.22. The molecule has 1 aromatic carbocycles. The van der Waals surface area contributed by atoms with Crippen molar-refractivity contribution in [3.8, 4) is 0 Å². The Bertz CT molecular complexity index is 623. The van der Waals surface area contributed by atoms with Crippen molar-refractivity contribution >= 4 is 16.6 Å². The summed E-state index contributed by atoms with van der Waals surface area (Å²) in [6.07, 6.45) is 8.56. The molecule has 0 atom stereocenters. The lowest BCUT2D eigenvalue weighted by Crippen LogP contribution is -2.47. The molecule has 0 N–H and O–H groups in total. The van der Waals surface area contributed by atoms with E-state index in [1.54, 1.807) is 0 Å². The fourth-order valence-electron chi connectivity index (χ4n) is 3.97. The minimum atomic E-state index is 0.777. The van der Waals surface area contributed by atoms with Crippen LogP contribution in [-0.4, -0.2) is 47.3 Å². The number of piperidine rings is 2. The normalized spacial score (nSPS) is 21.4. The number of rotatable bonds is 2. The number of benzene rings is 1. The lowest BCUT2D eigenvalue weighted by Gasteiger charge is -2.40. The second-order valence-corrected chi connectivity index (χ2v) is 6.57. The van der Waals surface area contributed by atoms with Gasteiger partial charge in [0.1, 0.15) is 0 Å². The topological polar surface area (TPSA) is 32.3 Å². The molecule has 2 aromatic rings. The summed E-state index contributed by atoms with van der Waals surface area (Å²) < 4.78 is 0. The Labute approximate surface area is 132 Å². The van der Waals surface area contributed by atoms with Gasteiger partial charge in [-0.15, -0.1) is 5.10 Å². The van der Waals surface area contributed by atoms with E-state index in [0.717, 1.165) is 24.9 Å². The molecule has 4 rings (SSSR count). The summed E-state index contributed by atoms with van der Waals surface area (Å²) in [5.41, 5.74) is 0. The number of anilines is 1. The quantitative estimate of drug-likeness (QED) is 0.852. The summed E-state index contributed by atoms with van der Waals surface area (Å²) in [6, 6.07) is 9.22. The van der Waals surface area contributed by atoms with Gasteiger partial charge >= 0.3 is 0 Å². The molecular weight excluding hydrogens is 272 g/mol. The van der Waals surface area contributed by atoms with Gasteiger partial charge in [-0.1, -0.05) is 30.7 Å². The minimum absolute atomic E-state index is 0.777. The molecular formula is C18H24N4. The maximum absolute atomic E-state index is 4.43. The maximum Gasteiger partial charge on any atom is 0.159 e. The SMILES string of the molecule is c1ccc2c(N3CCC(N4CCCCC4)CC3)nncc2c1. The largest absolute Gasteiger partial charge is 0.354 e. The number of nitrogens with zero attached hydrogens (tertiary/aromatic N) is 4. The van der Waals surface area contributed by atoms with Crippen LogP contribution in [0.4, 0.5) is 5.82 Å². The molecule has 0 amide bonds. The van der Waals surface area contributed by atoms with Crippen molar-refractivity contribution in [3.05, 3.63) is 30.5 Å². The van der Waals surface area contributed by atoms with Gasteiger partial charge in [-0.3, -0.25) is 0 Å². The zero-order valence-corrected chi connectivity index (χ0v) is 13.1. The zero-order valence-electron chi connectivity index (χ0n) is 13.1. The molecule has 0 spiro atoms. The van der Waals surface area contributed by atoms with E-state index in [1.165, 1.54) is 56.0 Å². The van der Waals surface area contributed by atoms with Crippen LogP contribution < -0.4 is 4.90 Å².